The number of nitrogens with two attached hydrogens (primary N) is 1. The highest BCUT2D eigenvalue weighted by Crippen LogP contribution is 2.25. The van der Waals surface area contributed by atoms with Crippen molar-refractivity contribution in [1.82, 2.24) is 23.9 Å². The third kappa shape index (κ3) is 4.15. The molecule has 0 aliphatic carbocycles. The van der Waals surface area contributed by atoms with Crippen LogP contribution in [0.4, 0.5) is 10.1 Å². The molecule has 0 aliphatic rings. The molecule has 1 aromatic carbocycles. The van der Waals surface area contributed by atoms with E-state index in [1.54, 1.807) is 28.8 Å². The van der Waals surface area contributed by atoms with Crippen molar-refractivity contribution in [3.63, 3.8) is 0 Å². The van der Waals surface area contributed by atoms with Gasteiger partial charge < -0.3 is 11.1 Å². The number of nitrogens with zero attached hydrogens (tertiary/aromatic N) is 5. The molecule has 0 saturated carbocycles. The minimum atomic E-state index is -0.572. The summed E-state index contributed by atoms with van der Waals surface area (Å²) in [4.78, 5) is 25.4. The van der Waals surface area contributed by atoms with Gasteiger partial charge in [0.05, 0.1) is 29.8 Å². The summed E-state index contributed by atoms with van der Waals surface area (Å²) in [6.07, 6.45) is 5.07. The van der Waals surface area contributed by atoms with E-state index in [1.165, 1.54) is 12.3 Å². The number of imidazole rings is 2. The monoisotopic (exact) mass is 519 g/mol. The van der Waals surface area contributed by atoms with Gasteiger partial charge in [-0.3, -0.25) is 13.8 Å². The average Bonchev–Trinajstić information content (AvgIpc) is 3.43. The van der Waals surface area contributed by atoms with Crippen molar-refractivity contribution in [3.05, 3.63) is 94.5 Å². The highest BCUT2D eigenvalue weighted by Gasteiger charge is 2.16. The number of carbonyl (C=O) groups is 1. The van der Waals surface area contributed by atoms with Gasteiger partial charge in [-0.2, -0.15) is 0 Å². The molecule has 4 aromatic heterocycles. The van der Waals surface area contributed by atoms with Crippen LogP contribution >= 0.6 is 15.9 Å². The molecule has 0 saturated heterocycles. The van der Waals surface area contributed by atoms with Crippen LogP contribution in [0.25, 0.3) is 22.9 Å². The Morgan fingerprint density at radius 1 is 1.15 bits per heavy atom. The zero-order chi connectivity index (χ0) is 23.8. The normalized spacial score (nSPS) is 11.1. The Balaban J connectivity index is 1.58. The highest BCUT2D eigenvalue weighted by atomic mass is 79.9. The van der Waals surface area contributed by atoms with Crippen molar-refractivity contribution in [2.75, 3.05) is 5.32 Å². The Labute approximate surface area is 202 Å². The summed E-state index contributed by atoms with van der Waals surface area (Å²) < 4.78 is 18.5. The molecule has 170 valence electrons. The van der Waals surface area contributed by atoms with Crippen molar-refractivity contribution in [2.24, 2.45) is 5.73 Å². The molecule has 8 nitrogen and oxygen atoms in total. The molecule has 4 heterocycles. The van der Waals surface area contributed by atoms with Gasteiger partial charge in [0.25, 0.3) is 5.91 Å². The van der Waals surface area contributed by atoms with Crippen molar-refractivity contribution >= 4 is 33.2 Å². The van der Waals surface area contributed by atoms with E-state index in [1.807, 2.05) is 42.0 Å². The van der Waals surface area contributed by atoms with Crippen LogP contribution in [0.5, 0.6) is 0 Å². The Morgan fingerprint density at radius 3 is 2.79 bits per heavy atom. The molecular weight excluding hydrogens is 501 g/mol. The molecule has 3 N–H and O–H groups in total. The third-order valence-corrected chi connectivity index (χ3v) is 5.78. The van der Waals surface area contributed by atoms with Gasteiger partial charge in [-0.05, 0) is 49.4 Å². The van der Waals surface area contributed by atoms with Crippen molar-refractivity contribution < 1.29 is 9.18 Å². The minimum Gasteiger partial charge on any atom is -0.377 e. The number of amides is 1. The molecule has 34 heavy (non-hydrogen) atoms. The Kier molecular flexibility index (Phi) is 5.58. The number of fused-ring (bicyclic) bond motifs is 1. The second-order valence-electron chi connectivity index (χ2n) is 7.69. The number of hydrogen-bond donors (Lipinski definition) is 2. The molecule has 0 unspecified atom stereocenters. The number of aromatic nitrogens is 5. The summed E-state index contributed by atoms with van der Waals surface area (Å²) in [5, 5.41) is 3.10. The maximum Gasteiger partial charge on any atom is 0.267 e. The first-order chi connectivity index (χ1) is 16.4. The molecule has 1 amide bonds. The standard InChI is InChI=1S/C24H19BrFN7O/c1-14-3-2-4-19(30-14)24-31-16(10-28-20-9-15(25)5-7-18(20)26)12-32(24)17-6-8-22-29-11-21(23(27)34)33(22)13-17/h2-9,11-13,28H,10H2,1H3,(H2,27,34). The van der Waals surface area contributed by atoms with Crippen LogP contribution in [0.1, 0.15) is 21.9 Å². The molecule has 0 aliphatic heterocycles. The van der Waals surface area contributed by atoms with Crippen LogP contribution in [0.3, 0.4) is 0 Å². The van der Waals surface area contributed by atoms with E-state index in [4.69, 9.17) is 10.7 Å². The molecular formula is C24H19BrFN7O. The maximum absolute atomic E-state index is 14.2. The van der Waals surface area contributed by atoms with Crippen molar-refractivity contribution in [1.29, 1.82) is 0 Å². The molecule has 10 heteroatoms. The molecule has 0 bridgehead atoms. The van der Waals surface area contributed by atoms with Gasteiger partial charge >= 0.3 is 0 Å². The van der Waals surface area contributed by atoms with E-state index in [0.29, 0.717) is 35.1 Å². The maximum atomic E-state index is 14.2. The summed E-state index contributed by atoms with van der Waals surface area (Å²) >= 11 is 3.36. The van der Waals surface area contributed by atoms with E-state index in [2.05, 4.69) is 31.2 Å². The Morgan fingerprint density at radius 2 is 2.00 bits per heavy atom. The topological polar surface area (TPSA) is 103 Å². The molecule has 0 atom stereocenters. The van der Waals surface area contributed by atoms with Gasteiger partial charge in [0.15, 0.2) is 5.82 Å². The summed E-state index contributed by atoms with van der Waals surface area (Å²) in [5.74, 6) is -0.320. The van der Waals surface area contributed by atoms with Crippen LogP contribution in [-0.4, -0.2) is 29.8 Å². The zero-order valence-electron chi connectivity index (χ0n) is 18.0. The first-order valence-electron chi connectivity index (χ1n) is 10.4. The van der Waals surface area contributed by atoms with Gasteiger partial charge in [0, 0.05) is 22.6 Å². The molecule has 0 spiro atoms. The highest BCUT2D eigenvalue weighted by molar-refractivity contribution is 9.10. The smallest absolute Gasteiger partial charge is 0.267 e. The number of nitrogens with one attached hydrogen (secondary N) is 1. The number of pyridine rings is 2. The second kappa shape index (κ2) is 8.71. The first kappa shape index (κ1) is 21.8. The largest absolute Gasteiger partial charge is 0.377 e. The van der Waals surface area contributed by atoms with Crippen molar-refractivity contribution in [3.8, 4) is 17.2 Å². The number of rotatable bonds is 6. The van der Waals surface area contributed by atoms with E-state index in [0.717, 1.165) is 15.9 Å². The van der Waals surface area contributed by atoms with E-state index in [9.17, 15) is 9.18 Å². The van der Waals surface area contributed by atoms with Crippen LogP contribution in [-0.2, 0) is 6.54 Å². The van der Waals surface area contributed by atoms with Gasteiger partial charge in [-0.25, -0.2) is 19.3 Å². The lowest BCUT2D eigenvalue weighted by Crippen LogP contribution is -2.13. The molecule has 5 aromatic rings. The number of aryl methyl sites for hydroxylation is 1. The predicted octanol–water partition coefficient (Wildman–Crippen LogP) is 4.50. The van der Waals surface area contributed by atoms with Gasteiger partial charge in [-0.1, -0.05) is 22.0 Å². The van der Waals surface area contributed by atoms with Crippen LogP contribution in [0.2, 0.25) is 0 Å². The van der Waals surface area contributed by atoms with E-state index < -0.39 is 5.91 Å². The lowest BCUT2D eigenvalue weighted by Gasteiger charge is -2.09. The SMILES string of the molecule is Cc1cccc(-c2nc(CNc3cc(Br)ccc3F)cn2-c2ccc3ncc(C(N)=O)n3c2)n1. The molecule has 5 rings (SSSR count). The number of halogens is 2. The number of hydrogen-bond acceptors (Lipinski definition) is 5. The summed E-state index contributed by atoms with van der Waals surface area (Å²) in [6.45, 7) is 2.20. The lowest BCUT2D eigenvalue weighted by atomic mass is 10.3. The fraction of sp³-hybridized carbons (Fsp3) is 0.0833. The number of benzene rings is 1. The van der Waals surface area contributed by atoms with E-state index in [-0.39, 0.29) is 11.5 Å². The first-order valence-corrected chi connectivity index (χ1v) is 11.2. The van der Waals surface area contributed by atoms with Crippen LogP contribution < -0.4 is 11.1 Å². The van der Waals surface area contributed by atoms with Gasteiger partial charge in [0.1, 0.15) is 22.9 Å². The molecule has 0 radical (unpaired) electrons. The average molecular weight is 520 g/mol. The number of anilines is 1. The molecule has 0 fully saturated rings. The second-order valence-corrected chi connectivity index (χ2v) is 8.61. The number of primary amides is 1. The Hall–Kier alpha value is -4.05. The lowest BCUT2D eigenvalue weighted by molar-refractivity contribution is 0.0994. The fourth-order valence-corrected chi connectivity index (χ4v) is 4.03. The third-order valence-electron chi connectivity index (χ3n) is 5.28. The van der Waals surface area contributed by atoms with Gasteiger partial charge in [-0.15, -0.1) is 0 Å². The Bertz CT molecular complexity index is 1540. The summed E-state index contributed by atoms with van der Waals surface area (Å²) in [6, 6.07) is 14.1. The van der Waals surface area contributed by atoms with Gasteiger partial charge in [0.2, 0.25) is 0 Å². The summed E-state index contributed by atoms with van der Waals surface area (Å²) in [5.41, 5.74) is 9.69. The van der Waals surface area contributed by atoms with Crippen molar-refractivity contribution in [2.45, 2.75) is 13.5 Å². The minimum absolute atomic E-state index is 0.277. The zero-order valence-corrected chi connectivity index (χ0v) is 19.6. The van der Waals surface area contributed by atoms with E-state index >= 15 is 0 Å². The summed E-state index contributed by atoms with van der Waals surface area (Å²) in [7, 11) is 0. The van der Waals surface area contributed by atoms with Crippen LogP contribution in [0, 0.1) is 12.7 Å². The number of carbonyl (C=O) groups excluding carboxylic acids is 1. The van der Waals surface area contributed by atoms with Crippen LogP contribution in [0.15, 0.2) is 71.6 Å². The quantitative estimate of drug-likeness (QED) is 0.343. The predicted molar refractivity (Wildman–Crippen MR) is 130 cm³/mol. The fourth-order valence-electron chi connectivity index (χ4n) is 3.67.